The summed E-state index contributed by atoms with van der Waals surface area (Å²) in [6, 6.07) is 3.75. The number of hydrogen-bond donors (Lipinski definition) is 0. The van der Waals surface area contributed by atoms with Crippen molar-refractivity contribution in [3.63, 3.8) is 0 Å². The summed E-state index contributed by atoms with van der Waals surface area (Å²) in [5, 5.41) is 0. The van der Waals surface area contributed by atoms with Crippen LogP contribution in [0.25, 0.3) is 0 Å². The number of rotatable bonds is 1. The molecule has 0 atom stereocenters. The first kappa shape index (κ1) is 9.44. The smallest absolute Gasteiger partial charge is 0.149 e. The second-order valence-electron chi connectivity index (χ2n) is 3.45. The minimum absolute atomic E-state index is 0.466. The lowest BCUT2D eigenvalue weighted by Crippen LogP contribution is -2.30. The highest BCUT2D eigenvalue weighted by molar-refractivity contribution is 5.48. The van der Waals surface area contributed by atoms with Crippen LogP contribution in [0.4, 0.5) is 14.5 Å². The van der Waals surface area contributed by atoms with Crippen LogP contribution in [0.5, 0.6) is 0 Å². The van der Waals surface area contributed by atoms with E-state index in [0.717, 1.165) is 32.0 Å². The fraction of sp³-hybridized carbons (Fsp3) is 0.364. The van der Waals surface area contributed by atoms with Gasteiger partial charge in [-0.15, -0.1) is 0 Å². The minimum Gasteiger partial charge on any atom is -0.369 e. The van der Waals surface area contributed by atoms with Gasteiger partial charge in [-0.25, -0.2) is 8.78 Å². The van der Waals surface area contributed by atoms with Gasteiger partial charge < -0.3 is 4.90 Å². The maximum atomic E-state index is 13.3. The first-order valence-corrected chi connectivity index (χ1v) is 4.79. The lowest BCUT2D eigenvalue weighted by atomic mass is 10.1. The third-order valence-corrected chi connectivity index (χ3v) is 2.46. The molecule has 1 aliphatic rings. The average molecular weight is 196 g/mol. The molecular formula is C11H12F2N. The Kier molecular flexibility index (Phi) is 2.66. The van der Waals surface area contributed by atoms with Crippen molar-refractivity contribution in [2.75, 3.05) is 18.0 Å². The third kappa shape index (κ3) is 1.86. The van der Waals surface area contributed by atoms with Gasteiger partial charge in [-0.2, -0.15) is 0 Å². The van der Waals surface area contributed by atoms with Crippen LogP contribution in [-0.2, 0) is 0 Å². The Labute approximate surface area is 82.3 Å². The van der Waals surface area contributed by atoms with Crippen LogP contribution in [0.2, 0.25) is 0 Å². The highest BCUT2D eigenvalue weighted by Gasteiger charge is 2.14. The molecule has 0 spiro atoms. The van der Waals surface area contributed by atoms with E-state index < -0.39 is 11.6 Å². The largest absolute Gasteiger partial charge is 0.369 e. The van der Waals surface area contributed by atoms with Gasteiger partial charge in [-0.3, -0.25) is 0 Å². The number of nitrogens with zero attached hydrogens (tertiary/aromatic N) is 1. The van der Waals surface area contributed by atoms with Gasteiger partial charge in [0.1, 0.15) is 11.6 Å². The zero-order valence-electron chi connectivity index (χ0n) is 7.84. The minimum atomic E-state index is -0.519. The Bertz CT molecular complexity index is 319. The van der Waals surface area contributed by atoms with E-state index in [4.69, 9.17) is 0 Å². The Hall–Kier alpha value is -1.12. The molecule has 3 heteroatoms. The summed E-state index contributed by atoms with van der Waals surface area (Å²) >= 11 is 0. The molecule has 1 aromatic rings. The number of anilines is 1. The molecule has 1 saturated heterocycles. The Morgan fingerprint density at radius 3 is 2.43 bits per heavy atom. The van der Waals surface area contributed by atoms with Crippen molar-refractivity contribution >= 4 is 5.69 Å². The summed E-state index contributed by atoms with van der Waals surface area (Å²) in [5.74, 6) is -0.985. The van der Waals surface area contributed by atoms with Crippen LogP contribution in [0.15, 0.2) is 18.2 Å². The van der Waals surface area contributed by atoms with E-state index in [1.165, 1.54) is 12.1 Å². The van der Waals surface area contributed by atoms with Gasteiger partial charge >= 0.3 is 0 Å². The van der Waals surface area contributed by atoms with Crippen molar-refractivity contribution in [3.05, 3.63) is 36.3 Å². The molecule has 1 nitrogen and oxygen atoms in total. The number of benzene rings is 1. The monoisotopic (exact) mass is 196 g/mol. The highest BCUT2D eigenvalue weighted by atomic mass is 19.1. The molecule has 1 fully saturated rings. The van der Waals surface area contributed by atoms with Crippen LogP contribution in [-0.4, -0.2) is 13.1 Å². The molecule has 0 aliphatic carbocycles. The number of hydrogen-bond acceptors (Lipinski definition) is 1. The Morgan fingerprint density at radius 1 is 1.07 bits per heavy atom. The molecule has 1 aliphatic heterocycles. The van der Waals surface area contributed by atoms with E-state index in [2.05, 4.69) is 6.42 Å². The van der Waals surface area contributed by atoms with Crippen molar-refractivity contribution in [1.82, 2.24) is 0 Å². The zero-order valence-corrected chi connectivity index (χ0v) is 7.84. The Balaban J connectivity index is 2.22. The standard InChI is InChI=1S/C11H12F2N/c12-9-4-5-11(10(13)8-9)14-6-2-1-3-7-14/h1,4-5,8H,2-3,6-7H2. The fourth-order valence-electron chi connectivity index (χ4n) is 1.73. The van der Waals surface area contributed by atoms with Gasteiger partial charge in [-0.05, 0) is 31.4 Å². The van der Waals surface area contributed by atoms with E-state index in [9.17, 15) is 8.78 Å². The first-order valence-electron chi connectivity index (χ1n) is 4.79. The molecule has 1 heterocycles. The SMILES string of the molecule is Fc1ccc(N2CC[CH]CC2)c(F)c1. The van der Waals surface area contributed by atoms with Gasteiger partial charge in [0.05, 0.1) is 5.69 Å². The van der Waals surface area contributed by atoms with Crippen LogP contribution in [0.3, 0.4) is 0 Å². The van der Waals surface area contributed by atoms with Crippen molar-refractivity contribution in [3.8, 4) is 0 Å². The molecule has 2 rings (SSSR count). The molecule has 1 aromatic carbocycles. The van der Waals surface area contributed by atoms with Crippen LogP contribution < -0.4 is 4.90 Å². The average Bonchev–Trinajstić information content (AvgIpc) is 2.19. The molecule has 0 N–H and O–H groups in total. The predicted molar refractivity (Wildman–Crippen MR) is 52.1 cm³/mol. The third-order valence-electron chi connectivity index (χ3n) is 2.46. The van der Waals surface area contributed by atoms with E-state index in [-0.39, 0.29) is 0 Å². The second kappa shape index (κ2) is 3.95. The van der Waals surface area contributed by atoms with E-state index in [1.54, 1.807) is 0 Å². The molecule has 14 heavy (non-hydrogen) atoms. The van der Waals surface area contributed by atoms with Gasteiger partial charge in [-0.1, -0.05) is 0 Å². The van der Waals surface area contributed by atoms with Crippen molar-refractivity contribution in [2.24, 2.45) is 0 Å². The highest BCUT2D eigenvalue weighted by Crippen LogP contribution is 2.23. The molecule has 0 aromatic heterocycles. The molecule has 1 radical (unpaired) electrons. The van der Waals surface area contributed by atoms with Crippen molar-refractivity contribution < 1.29 is 8.78 Å². The molecule has 75 valence electrons. The van der Waals surface area contributed by atoms with E-state index >= 15 is 0 Å². The topological polar surface area (TPSA) is 3.24 Å². The summed E-state index contributed by atoms with van der Waals surface area (Å²) in [5.41, 5.74) is 0.513. The Morgan fingerprint density at radius 2 is 1.79 bits per heavy atom. The summed E-state index contributed by atoms with van der Waals surface area (Å²) < 4.78 is 26.0. The van der Waals surface area contributed by atoms with Gasteiger partial charge in [0.15, 0.2) is 0 Å². The molecular weight excluding hydrogens is 184 g/mol. The predicted octanol–water partition coefficient (Wildman–Crippen LogP) is 2.77. The van der Waals surface area contributed by atoms with Crippen molar-refractivity contribution in [1.29, 1.82) is 0 Å². The van der Waals surface area contributed by atoms with Gasteiger partial charge in [0, 0.05) is 19.2 Å². The zero-order chi connectivity index (χ0) is 9.97. The normalized spacial score (nSPS) is 17.1. The van der Waals surface area contributed by atoms with Crippen molar-refractivity contribution in [2.45, 2.75) is 12.8 Å². The lowest BCUT2D eigenvalue weighted by Gasteiger charge is -2.28. The van der Waals surface area contributed by atoms with E-state index in [1.807, 2.05) is 4.90 Å². The van der Waals surface area contributed by atoms with Crippen LogP contribution in [0, 0.1) is 18.1 Å². The molecule has 0 unspecified atom stereocenters. The molecule has 0 bridgehead atoms. The lowest BCUT2D eigenvalue weighted by molar-refractivity contribution is 0.572. The van der Waals surface area contributed by atoms with Crippen LogP contribution >= 0.6 is 0 Å². The van der Waals surface area contributed by atoms with E-state index in [0.29, 0.717) is 5.69 Å². The van der Waals surface area contributed by atoms with Crippen LogP contribution in [0.1, 0.15) is 12.8 Å². The summed E-state index contributed by atoms with van der Waals surface area (Å²) in [7, 11) is 0. The van der Waals surface area contributed by atoms with Gasteiger partial charge in [0.2, 0.25) is 0 Å². The summed E-state index contributed by atoms with van der Waals surface area (Å²) in [6.45, 7) is 1.64. The number of halogens is 2. The molecule has 0 saturated carbocycles. The second-order valence-corrected chi connectivity index (χ2v) is 3.45. The fourth-order valence-corrected chi connectivity index (χ4v) is 1.73. The number of piperidine rings is 1. The quantitative estimate of drug-likeness (QED) is 0.667. The summed E-state index contributed by atoms with van der Waals surface area (Å²) in [4.78, 5) is 1.95. The maximum Gasteiger partial charge on any atom is 0.149 e. The molecule has 0 amide bonds. The van der Waals surface area contributed by atoms with Gasteiger partial charge in [0.25, 0.3) is 0 Å². The first-order chi connectivity index (χ1) is 6.77. The maximum absolute atomic E-state index is 13.3. The summed E-state index contributed by atoms with van der Waals surface area (Å²) in [6.07, 6.45) is 4.13.